The van der Waals surface area contributed by atoms with Gasteiger partial charge in [0.05, 0.1) is 11.6 Å². The number of ether oxygens (including phenoxy) is 1. The van der Waals surface area contributed by atoms with Gasteiger partial charge in [-0.2, -0.15) is 0 Å². The van der Waals surface area contributed by atoms with Crippen molar-refractivity contribution in [2.24, 2.45) is 0 Å². The van der Waals surface area contributed by atoms with Gasteiger partial charge in [0, 0.05) is 28.9 Å². The molecule has 0 amide bonds. The molecular formula is C16H17BrClNO. The van der Waals surface area contributed by atoms with Crippen LogP contribution in [0.3, 0.4) is 0 Å². The van der Waals surface area contributed by atoms with E-state index in [1.807, 2.05) is 37.3 Å². The fourth-order valence-corrected chi connectivity index (χ4v) is 2.33. The van der Waals surface area contributed by atoms with E-state index >= 15 is 0 Å². The van der Waals surface area contributed by atoms with Crippen molar-refractivity contribution in [2.45, 2.75) is 20.1 Å². The Morgan fingerprint density at radius 2 is 2.00 bits per heavy atom. The molecule has 0 radical (unpaired) electrons. The smallest absolute Gasteiger partial charge is 0.0736 e. The molecule has 0 saturated heterocycles. The molecule has 0 atom stereocenters. The minimum atomic E-state index is 0.626. The van der Waals surface area contributed by atoms with Crippen LogP contribution in [0.2, 0.25) is 5.02 Å². The number of para-hydroxylation sites is 1. The number of nitrogens with one attached hydrogen (secondary N) is 1. The van der Waals surface area contributed by atoms with Crippen LogP contribution in [0.5, 0.6) is 0 Å². The second-order valence-corrected chi connectivity index (χ2v) is 5.66. The third-order valence-corrected chi connectivity index (χ3v) is 4.18. The van der Waals surface area contributed by atoms with E-state index < -0.39 is 0 Å². The van der Waals surface area contributed by atoms with Crippen molar-refractivity contribution in [1.29, 1.82) is 0 Å². The summed E-state index contributed by atoms with van der Waals surface area (Å²) in [4.78, 5) is 0. The van der Waals surface area contributed by atoms with Crippen molar-refractivity contribution in [1.82, 2.24) is 0 Å². The van der Waals surface area contributed by atoms with Gasteiger partial charge in [0.15, 0.2) is 0 Å². The quantitative estimate of drug-likeness (QED) is 0.765. The van der Waals surface area contributed by atoms with Gasteiger partial charge in [-0.1, -0.05) is 35.9 Å². The summed E-state index contributed by atoms with van der Waals surface area (Å²) in [6, 6.07) is 14.2. The van der Waals surface area contributed by atoms with Gasteiger partial charge in [-0.25, -0.2) is 0 Å². The first kappa shape index (κ1) is 15.4. The number of anilines is 1. The van der Waals surface area contributed by atoms with E-state index in [0.717, 1.165) is 39.5 Å². The highest BCUT2D eigenvalue weighted by molar-refractivity contribution is 9.10. The molecule has 20 heavy (non-hydrogen) atoms. The average Bonchev–Trinajstić information content (AvgIpc) is 2.47. The van der Waals surface area contributed by atoms with Gasteiger partial charge in [-0.05, 0) is 46.6 Å². The lowest BCUT2D eigenvalue weighted by molar-refractivity contribution is 0.134. The van der Waals surface area contributed by atoms with Crippen LogP contribution in [-0.4, -0.2) is 6.61 Å². The van der Waals surface area contributed by atoms with Gasteiger partial charge < -0.3 is 10.1 Å². The van der Waals surface area contributed by atoms with Crippen LogP contribution in [0.25, 0.3) is 0 Å². The largest absolute Gasteiger partial charge is 0.381 e. The van der Waals surface area contributed by atoms with E-state index in [0.29, 0.717) is 6.61 Å². The standard InChI is InChI=1S/C16H17BrClNO/c1-2-20-11-13-5-3-4-6-16(13)19-10-12-7-8-14(17)15(18)9-12/h3-9,19H,2,10-11H2,1H3. The molecule has 4 heteroatoms. The van der Waals surface area contributed by atoms with Crippen LogP contribution in [0.1, 0.15) is 18.1 Å². The summed E-state index contributed by atoms with van der Waals surface area (Å²) in [7, 11) is 0. The van der Waals surface area contributed by atoms with E-state index in [-0.39, 0.29) is 0 Å². The molecule has 0 spiro atoms. The van der Waals surface area contributed by atoms with Crippen LogP contribution >= 0.6 is 27.5 Å². The molecule has 106 valence electrons. The van der Waals surface area contributed by atoms with Crippen LogP contribution in [0, 0.1) is 0 Å². The number of benzene rings is 2. The molecule has 0 unspecified atom stereocenters. The number of hydrogen-bond donors (Lipinski definition) is 1. The van der Waals surface area contributed by atoms with Crippen molar-refractivity contribution in [3.8, 4) is 0 Å². The second-order valence-electron chi connectivity index (χ2n) is 4.40. The SMILES string of the molecule is CCOCc1ccccc1NCc1ccc(Br)c(Cl)c1. The molecule has 0 aliphatic carbocycles. The second kappa shape index (κ2) is 7.67. The molecular weight excluding hydrogens is 338 g/mol. The Morgan fingerprint density at radius 1 is 1.20 bits per heavy atom. The molecule has 0 fully saturated rings. The number of hydrogen-bond acceptors (Lipinski definition) is 2. The van der Waals surface area contributed by atoms with Crippen molar-refractivity contribution < 1.29 is 4.74 Å². The maximum absolute atomic E-state index is 6.10. The zero-order valence-corrected chi connectivity index (χ0v) is 13.7. The van der Waals surface area contributed by atoms with Gasteiger partial charge in [-0.15, -0.1) is 0 Å². The van der Waals surface area contributed by atoms with Crippen molar-refractivity contribution >= 4 is 33.2 Å². The van der Waals surface area contributed by atoms with Gasteiger partial charge >= 0.3 is 0 Å². The summed E-state index contributed by atoms with van der Waals surface area (Å²) in [5.41, 5.74) is 3.40. The molecule has 2 rings (SSSR count). The zero-order chi connectivity index (χ0) is 14.4. The lowest BCUT2D eigenvalue weighted by Crippen LogP contribution is -2.03. The van der Waals surface area contributed by atoms with Crippen LogP contribution in [-0.2, 0) is 17.9 Å². The highest BCUT2D eigenvalue weighted by Crippen LogP contribution is 2.24. The monoisotopic (exact) mass is 353 g/mol. The summed E-state index contributed by atoms with van der Waals surface area (Å²) in [6.07, 6.45) is 0. The highest BCUT2D eigenvalue weighted by Gasteiger charge is 2.03. The molecule has 0 saturated carbocycles. The van der Waals surface area contributed by atoms with Crippen molar-refractivity contribution in [3.63, 3.8) is 0 Å². The summed E-state index contributed by atoms with van der Waals surface area (Å²) in [6.45, 7) is 4.08. The molecule has 2 nitrogen and oxygen atoms in total. The summed E-state index contributed by atoms with van der Waals surface area (Å²) >= 11 is 9.50. The van der Waals surface area contributed by atoms with Crippen molar-refractivity contribution in [2.75, 3.05) is 11.9 Å². The zero-order valence-electron chi connectivity index (χ0n) is 11.3. The third-order valence-electron chi connectivity index (χ3n) is 2.95. The Labute approximate surface area is 133 Å². The Kier molecular flexibility index (Phi) is 5.89. The molecule has 2 aromatic carbocycles. The first-order valence-corrected chi connectivity index (χ1v) is 7.71. The van der Waals surface area contributed by atoms with E-state index in [4.69, 9.17) is 16.3 Å². The topological polar surface area (TPSA) is 21.3 Å². The van der Waals surface area contributed by atoms with Crippen LogP contribution < -0.4 is 5.32 Å². The minimum Gasteiger partial charge on any atom is -0.381 e. The van der Waals surface area contributed by atoms with Gasteiger partial charge in [0.1, 0.15) is 0 Å². The van der Waals surface area contributed by atoms with Crippen LogP contribution in [0.15, 0.2) is 46.9 Å². The van der Waals surface area contributed by atoms with Gasteiger partial charge in [0.25, 0.3) is 0 Å². The fourth-order valence-electron chi connectivity index (χ4n) is 1.88. The average molecular weight is 355 g/mol. The van der Waals surface area contributed by atoms with E-state index in [1.54, 1.807) is 0 Å². The highest BCUT2D eigenvalue weighted by atomic mass is 79.9. The molecule has 0 bridgehead atoms. The van der Waals surface area contributed by atoms with E-state index in [9.17, 15) is 0 Å². The van der Waals surface area contributed by atoms with Crippen LogP contribution in [0.4, 0.5) is 5.69 Å². The normalized spacial score (nSPS) is 10.6. The number of rotatable bonds is 6. The Hall–Kier alpha value is -1.03. The lowest BCUT2D eigenvalue weighted by atomic mass is 10.1. The molecule has 0 heterocycles. The minimum absolute atomic E-state index is 0.626. The first-order chi connectivity index (χ1) is 9.70. The molecule has 1 N–H and O–H groups in total. The maximum Gasteiger partial charge on any atom is 0.0736 e. The Bertz CT molecular complexity index is 574. The number of halogens is 2. The van der Waals surface area contributed by atoms with E-state index in [1.165, 1.54) is 0 Å². The molecule has 0 aliphatic heterocycles. The summed E-state index contributed by atoms with van der Waals surface area (Å²) in [5, 5.41) is 4.16. The predicted molar refractivity (Wildman–Crippen MR) is 88.3 cm³/mol. The summed E-state index contributed by atoms with van der Waals surface area (Å²) in [5.74, 6) is 0. The summed E-state index contributed by atoms with van der Waals surface area (Å²) < 4.78 is 6.40. The lowest BCUT2D eigenvalue weighted by Gasteiger charge is -2.12. The Morgan fingerprint density at radius 3 is 2.75 bits per heavy atom. The first-order valence-electron chi connectivity index (χ1n) is 6.54. The van der Waals surface area contributed by atoms with Gasteiger partial charge in [0.2, 0.25) is 0 Å². The van der Waals surface area contributed by atoms with Crippen molar-refractivity contribution in [3.05, 3.63) is 63.1 Å². The third kappa shape index (κ3) is 4.23. The predicted octanol–water partition coefficient (Wildman–Crippen LogP) is 5.25. The van der Waals surface area contributed by atoms with E-state index in [2.05, 4.69) is 33.4 Å². The molecule has 0 aromatic heterocycles. The fraction of sp³-hybridized carbons (Fsp3) is 0.250. The maximum atomic E-state index is 6.10. The molecule has 2 aromatic rings. The van der Waals surface area contributed by atoms with Gasteiger partial charge in [-0.3, -0.25) is 0 Å². The molecule has 0 aliphatic rings. The Balaban J connectivity index is 2.04.